The van der Waals surface area contributed by atoms with Crippen LogP contribution in [-0.4, -0.2) is 6.04 Å². The molecule has 1 unspecified atom stereocenters. The van der Waals surface area contributed by atoms with Crippen LogP contribution in [0.3, 0.4) is 0 Å². The fourth-order valence-electron chi connectivity index (χ4n) is 1.95. The first-order chi connectivity index (χ1) is 6.27. The third kappa shape index (κ3) is 1.74. The van der Waals surface area contributed by atoms with Gasteiger partial charge in [0, 0.05) is 12.1 Å². The van der Waals surface area contributed by atoms with Crippen molar-refractivity contribution in [3.8, 4) is 0 Å². The molecule has 0 bridgehead atoms. The number of hydrogen-bond donors (Lipinski definition) is 2. The Kier molecular flexibility index (Phi) is 2.34. The lowest BCUT2D eigenvalue weighted by molar-refractivity contribution is 0.224. The van der Waals surface area contributed by atoms with E-state index in [0.29, 0.717) is 12.0 Å². The van der Waals surface area contributed by atoms with Crippen molar-refractivity contribution >= 4 is 0 Å². The van der Waals surface area contributed by atoms with Gasteiger partial charge in [-0.05, 0) is 24.3 Å². The Hall–Kier alpha value is -0.860. The van der Waals surface area contributed by atoms with Gasteiger partial charge in [-0.3, -0.25) is 0 Å². The van der Waals surface area contributed by atoms with Crippen LogP contribution in [0.25, 0.3) is 0 Å². The molecule has 0 spiro atoms. The van der Waals surface area contributed by atoms with Crippen molar-refractivity contribution in [2.45, 2.75) is 24.9 Å². The second-order valence-electron chi connectivity index (χ2n) is 3.93. The van der Waals surface area contributed by atoms with Crippen LogP contribution in [0.4, 0.5) is 0 Å². The Morgan fingerprint density at radius 2 is 1.77 bits per heavy atom. The summed E-state index contributed by atoms with van der Waals surface area (Å²) in [6.45, 7) is 0. The zero-order valence-corrected chi connectivity index (χ0v) is 7.69. The minimum absolute atomic E-state index is 0.181. The van der Waals surface area contributed by atoms with Crippen molar-refractivity contribution in [3.63, 3.8) is 0 Å². The van der Waals surface area contributed by atoms with Crippen LogP contribution in [0.15, 0.2) is 30.3 Å². The lowest BCUT2D eigenvalue weighted by Gasteiger charge is -2.36. The molecule has 2 heteroatoms. The normalized spacial score (nSPS) is 29.4. The number of rotatable bonds is 2. The van der Waals surface area contributed by atoms with Crippen molar-refractivity contribution < 1.29 is 0 Å². The predicted molar refractivity (Wildman–Crippen MR) is 54.1 cm³/mol. The van der Waals surface area contributed by atoms with Crippen molar-refractivity contribution in [2.75, 3.05) is 0 Å². The molecule has 0 radical (unpaired) electrons. The van der Waals surface area contributed by atoms with E-state index in [0.717, 1.165) is 12.8 Å². The first-order valence-corrected chi connectivity index (χ1v) is 4.83. The lowest BCUT2D eigenvalue weighted by atomic mass is 9.74. The molecule has 2 rings (SSSR count). The highest BCUT2D eigenvalue weighted by atomic mass is 14.7. The van der Waals surface area contributed by atoms with Gasteiger partial charge in [0.15, 0.2) is 0 Å². The van der Waals surface area contributed by atoms with E-state index in [1.807, 2.05) is 18.2 Å². The van der Waals surface area contributed by atoms with Gasteiger partial charge < -0.3 is 11.5 Å². The highest BCUT2D eigenvalue weighted by Gasteiger charge is 2.31. The third-order valence-electron chi connectivity index (χ3n) is 2.90. The van der Waals surface area contributed by atoms with Crippen molar-refractivity contribution in [2.24, 2.45) is 17.4 Å². The van der Waals surface area contributed by atoms with Gasteiger partial charge in [-0.25, -0.2) is 0 Å². The van der Waals surface area contributed by atoms with E-state index in [2.05, 4.69) is 12.1 Å². The van der Waals surface area contributed by atoms with Crippen molar-refractivity contribution in [3.05, 3.63) is 35.9 Å². The maximum Gasteiger partial charge on any atom is 0.0324 e. The van der Waals surface area contributed by atoms with Gasteiger partial charge in [-0.2, -0.15) is 0 Å². The Balaban J connectivity index is 2.02. The summed E-state index contributed by atoms with van der Waals surface area (Å²) in [6, 6.07) is 10.8. The van der Waals surface area contributed by atoms with Gasteiger partial charge in [-0.1, -0.05) is 30.3 Å². The minimum atomic E-state index is 0.181. The third-order valence-corrected chi connectivity index (χ3v) is 2.90. The molecular formula is C11H16N2. The summed E-state index contributed by atoms with van der Waals surface area (Å²) in [5, 5.41) is 0. The first-order valence-electron chi connectivity index (χ1n) is 4.83. The van der Waals surface area contributed by atoms with Gasteiger partial charge in [0.1, 0.15) is 0 Å². The topological polar surface area (TPSA) is 52.0 Å². The van der Waals surface area contributed by atoms with E-state index in [1.165, 1.54) is 5.56 Å². The van der Waals surface area contributed by atoms with E-state index in [1.54, 1.807) is 0 Å². The van der Waals surface area contributed by atoms with Gasteiger partial charge in [-0.15, -0.1) is 0 Å². The number of hydrogen-bond acceptors (Lipinski definition) is 2. The van der Waals surface area contributed by atoms with Crippen LogP contribution in [0.2, 0.25) is 0 Å². The number of nitrogens with two attached hydrogens (primary N) is 2. The van der Waals surface area contributed by atoms with Crippen molar-refractivity contribution in [1.29, 1.82) is 0 Å². The molecule has 1 aromatic rings. The molecule has 70 valence electrons. The molecule has 0 saturated heterocycles. The van der Waals surface area contributed by atoms with Gasteiger partial charge in [0.05, 0.1) is 0 Å². The van der Waals surface area contributed by atoms with Crippen LogP contribution < -0.4 is 11.5 Å². The van der Waals surface area contributed by atoms with Crippen molar-refractivity contribution in [1.82, 2.24) is 0 Å². The molecule has 13 heavy (non-hydrogen) atoms. The summed E-state index contributed by atoms with van der Waals surface area (Å²) in [7, 11) is 0. The molecule has 4 N–H and O–H groups in total. The average molecular weight is 176 g/mol. The molecule has 0 aliphatic heterocycles. The molecular weight excluding hydrogens is 160 g/mol. The predicted octanol–water partition coefficient (Wildman–Crippen LogP) is 1.42. The van der Waals surface area contributed by atoms with E-state index in [4.69, 9.17) is 11.5 Å². The smallest absolute Gasteiger partial charge is 0.0324 e. The molecule has 0 heterocycles. The van der Waals surface area contributed by atoms with Crippen LogP contribution in [0.5, 0.6) is 0 Å². The maximum absolute atomic E-state index is 6.11. The average Bonchev–Trinajstić information content (AvgIpc) is 2.13. The van der Waals surface area contributed by atoms with Gasteiger partial charge in [0.25, 0.3) is 0 Å². The fraction of sp³-hybridized carbons (Fsp3) is 0.455. The standard InChI is InChI=1S/C11H16N2/c12-10-6-9(7-10)11(13)8-4-2-1-3-5-8/h1-5,9-11H,6-7,12-13H2. The molecule has 1 aliphatic carbocycles. The zero-order chi connectivity index (χ0) is 9.26. The summed E-state index contributed by atoms with van der Waals surface area (Å²) in [5.74, 6) is 0.595. The SMILES string of the molecule is NC1CC(C(N)c2ccccc2)C1. The molecule has 0 aromatic heterocycles. The Morgan fingerprint density at radius 3 is 2.31 bits per heavy atom. The Labute approximate surface area is 78.9 Å². The van der Waals surface area contributed by atoms with Crippen LogP contribution >= 0.6 is 0 Å². The lowest BCUT2D eigenvalue weighted by Crippen LogP contribution is -2.41. The summed E-state index contributed by atoms with van der Waals surface area (Å²) in [4.78, 5) is 0. The summed E-state index contributed by atoms with van der Waals surface area (Å²) in [5.41, 5.74) is 13.1. The van der Waals surface area contributed by atoms with E-state index in [9.17, 15) is 0 Å². The maximum atomic E-state index is 6.11. The zero-order valence-electron chi connectivity index (χ0n) is 7.69. The van der Waals surface area contributed by atoms with Gasteiger partial charge in [0.2, 0.25) is 0 Å². The molecule has 1 aliphatic rings. The van der Waals surface area contributed by atoms with E-state index < -0.39 is 0 Å². The highest BCUT2D eigenvalue weighted by Crippen LogP contribution is 2.35. The monoisotopic (exact) mass is 176 g/mol. The largest absolute Gasteiger partial charge is 0.328 e. The molecule has 0 amide bonds. The molecule has 1 aromatic carbocycles. The number of benzene rings is 1. The Bertz CT molecular complexity index is 265. The van der Waals surface area contributed by atoms with Crippen LogP contribution in [0.1, 0.15) is 24.4 Å². The second-order valence-corrected chi connectivity index (χ2v) is 3.93. The minimum Gasteiger partial charge on any atom is -0.328 e. The first kappa shape index (κ1) is 8.73. The van der Waals surface area contributed by atoms with E-state index >= 15 is 0 Å². The molecule has 1 atom stereocenters. The fourth-order valence-corrected chi connectivity index (χ4v) is 1.95. The van der Waals surface area contributed by atoms with E-state index in [-0.39, 0.29) is 6.04 Å². The molecule has 2 nitrogen and oxygen atoms in total. The summed E-state index contributed by atoms with van der Waals surface area (Å²) >= 11 is 0. The Morgan fingerprint density at radius 1 is 1.15 bits per heavy atom. The molecule has 1 saturated carbocycles. The quantitative estimate of drug-likeness (QED) is 0.716. The molecule has 1 fully saturated rings. The van der Waals surface area contributed by atoms with Gasteiger partial charge >= 0.3 is 0 Å². The second kappa shape index (κ2) is 3.48. The van der Waals surface area contributed by atoms with Crippen LogP contribution in [0, 0.1) is 5.92 Å². The summed E-state index contributed by atoms with van der Waals surface area (Å²) < 4.78 is 0. The summed E-state index contributed by atoms with van der Waals surface area (Å²) in [6.07, 6.45) is 2.16. The van der Waals surface area contributed by atoms with Crippen LogP contribution in [-0.2, 0) is 0 Å². The highest BCUT2D eigenvalue weighted by molar-refractivity contribution is 5.20.